The zero-order chi connectivity index (χ0) is 27.2. The fourth-order valence-electron chi connectivity index (χ4n) is 4.34. The van der Waals surface area contributed by atoms with Gasteiger partial charge in [-0.25, -0.2) is 0 Å². The number of fused-ring (bicyclic) bond motifs is 1. The lowest BCUT2D eigenvalue weighted by molar-refractivity contribution is -0.152. The summed E-state index contributed by atoms with van der Waals surface area (Å²) in [5, 5.41) is 0.671. The number of hydrogen-bond acceptors (Lipinski definition) is 6. The topological polar surface area (TPSA) is 59.1 Å². The quantitative estimate of drug-likeness (QED) is 0.281. The molecule has 0 unspecified atom stereocenters. The maximum absolute atomic E-state index is 14.0. The van der Waals surface area contributed by atoms with E-state index in [1.165, 1.54) is 18.7 Å². The van der Waals surface area contributed by atoms with Gasteiger partial charge in [0.15, 0.2) is 6.10 Å². The number of esters is 1. The third-order valence-corrected chi connectivity index (χ3v) is 8.51. The lowest BCUT2D eigenvalue weighted by atomic mass is 10.1. The third kappa shape index (κ3) is 6.83. The lowest BCUT2D eigenvalue weighted by Crippen LogP contribution is -2.45. The van der Waals surface area contributed by atoms with Crippen molar-refractivity contribution in [2.24, 2.45) is 0 Å². The molecule has 4 rings (SSSR count). The molecule has 1 aliphatic heterocycles. The number of hydrogen-bond donors (Lipinski definition) is 0. The average molecular weight is 574 g/mol. The summed E-state index contributed by atoms with van der Waals surface area (Å²) in [7, 11) is 3.63. The van der Waals surface area contributed by atoms with Crippen LogP contribution in [0.5, 0.6) is 5.75 Å². The van der Waals surface area contributed by atoms with Crippen LogP contribution in [0.2, 0.25) is 10.0 Å². The highest BCUT2D eigenvalue weighted by Gasteiger charge is 2.40. The fourth-order valence-corrected chi connectivity index (χ4v) is 5.98. The number of carbonyl (C=O) groups excluding carboxylic acids is 2. The van der Waals surface area contributed by atoms with Crippen molar-refractivity contribution in [3.8, 4) is 5.75 Å². The predicted octanol–water partition coefficient (Wildman–Crippen LogP) is 6.29. The Morgan fingerprint density at radius 1 is 1.03 bits per heavy atom. The van der Waals surface area contributed by atoms with Crippen molar-refractivity contribution in [1.82, 2.24) is 4.90 Å². The van der Waals surface area contributed by atoms with Gasteiger partial charge in [0.05, 0.1) is 28.1 Å². The molecule has 0 saturated carbocycles. The summed E-state index contributed by atoms with van der Waals surface area (Å²) in [6.07, 6.45) is -0.177. The van der Waals surface area contributed by atoms with E-state index in [9.17, 15) is 9.59 Å². The molecule has 0 N–H and O–H groups in total. The Hall–Kier alpha value is -2.71. The van der Waals surface area contributed by atoms with Crippen LogP contribution in [0.15, 0.2) is 71.6 Å². The van der Waals surface area contributed by atoms with Crippen molar-refractivity contribution in [2.75, 3.05) is 38.7 Å². The minimum Gasteiger partial charge on any atom is -0.497 e. The average Bonchev–Trinajstić information content (AvgIpc) is 3.02. The number of thioether (sulfide) groups is 1. The van der Waals surface area contributed by atoms with E-state index in [0.717, 1.165) is 34.7 Å². The number of halogens is 2. The summed E-state index contributed by atoms with van der Waals surface area (Å²) in [5.74, 6) is -0.0165. The summed E-state index contributed by atoms with van der Waals surface area (Å²) in [6.45, 7) is 3.19. The molecule has 9 heteroatoms. The molecule has 0 aromatic heterocycles. The molecule has 0 saturated heterocycles. The van der Waals surface area contributed by atoms with Gasteiger partial charge in [-0.05, 0) is 61.0 Å². The number of rotatable bonds is 9. The van der Waals surface area contributed by atoms with E-state index in [0.29, 0.717) is 28.9 Å². The lowest BCUT2D eigenvalue weighted by Gasteiger charge is -2.29. The summed E-state index contributed by atoms with van der Waals surface area (Å²) in [6, 6.07) is 21.0. The molecule has 0 radical (unpaired) electrons. The first-order valence-corrected chi connectivity index (χ1v) is 13.9. The zero-order valence-corrected chi connectivity index (χ0v) is 23.9. The summed E-state index contributed by atoms with van der Waals surface area (Å²) < 4.78 is 11.0. The normalized spacial score (nSPS) is 17.2. The number of amides is 1. The first-order valence-electron chi connectivity index (χ1n) is 12.3. The molecule has 200 valence electrons. The molecular formula is C29H30Cl2N2O4S. The molecule has 0 aliphatic carbocycles. The van der Waals surface area contributed by atoms with E-state index < -0.39 is 17.3 Å². The van der Waals surface area contributed by atoms with Crippen LogP contribution in [0.1, 0.15) is 23.3 Å². The Kier molecular flexibility index (Phi) is 9.60. The number of benzene rings is 3. The van der Waals surface area contributed by atoms with E-state index in [1.54, 1.807) is 18.1 Å². The minimum atomic E-state index is -0.972. The van der Waals surface area contributed by atoms with E-state index in [-0.39, 0.29) is 5.91 Å². The Balaban J connectivity index is 1.55. The summed E-state index contributed by atoms with van der Waals surface area (Å²) in [5.41, 5.74) is 2.79. The molecule has 1 amide bonds. The SMILES string of the molecule is COc1ccc([C@H]2Sc3ccccc3N(CCN(C)CCc3ccc(Cl)c(Cl)c3)C(=O)[C@H]2OC(C)=O)cc1. The Morgan fingerprint density at radius 3 is 2.45 bits per heavy atom. The number of nitrogens with zero attached hydrogens (tertiary/aromatic N) is 2. The van der Waals surface area contributed by atoms with E-state index >= 15 is 0 Å². The van der Waals surface area contributed by atoms with Crippen molar-refractivity contribution in [3.05, 3.63) is 87.9 Å². The van der Waals surface area contributed by atoms with Crippen LogP contribution in [0.4, 0.5) is 5.69 Å². The smallest absolute Gasteiger partial charge is 0.303 e. The largest absolute Gasteiger partial charge is 0.497 e. The molecular weight excluding hydrogens is 543 g/mol. The number of methoxy groups -OCH3 is 1. The zero-order valence-electron chi connectivity index (χ0n) is 21.5. The summed E-state index contributed by atoms with van der Waals surface area (Å²) in [4.78, 5) is 30.9. The van der Waals surface area contributed by atoms with E-state index in [1.807, 2.05) is 67.7 Å². The summed E-state index contributed by atoms with van der Waals surface area (Å²) >= 11 is 13.7. The molecule has 6 nitrogen and oxygen atoms in total. The van der Waals surface area contributed by atoms with Gasteiger partial charge >= 0.3 is 5.97 Å². The van der Waals surface area contributed by atoms with Crippen LogP contribution in [-0.2, 0) is 20.7 Å². The Labute approximate surface area is 237 Å². The van der Waals surface area contributed by atoms with Crippen molar-refractivity contribution in [1.29, 1.82) is 0 Å². The maximum atomic E-state index is 14.0. The van der Waals surface area contributed by atoms with Crippen LogP contribution in [-0.4, -0.2) is 56.7 Å². The first-order chi connectivity index (χ1) is 18.3. The Bertz CT molecular complexity index is 1290. The van der Waals surface area contributed by atoms with Gasteiger partial charge in [0, 0.05) is 31.5 Å². The second-order valence-corrected chi connectivity index (χ2v) is 11.1. The first kappa shape index (κ1) is 28.3. The van der Waals surface area contributed by atoms with Crippen molar-refractivity contribution in [2.45, 2.75) is 29.6 Å². The van der Waals surface area contributed by atoms with Gasteiger partial charge < -0.3 is 19.3 Å². The number of ether oxygens (including phenoxy) is 2. The third-order valence-electron chi connectivity index (χ3n) is 6.40. The van der Waals surface area contributed by atoms with Crippen molar-refractivity contribution < 1.29 is 19.1 Å². The van der Waals surface area contributed by atoms with Gasteiger partial charge in [-0.1, -0.05) is 53.5 Å². The molecule has 3 aromatic carbocycles. The standard InChI is InChI=1S/C29H30Cl2N2O4S/c1-19(34)37-27-28(21-9-11-22(36-3)12-10-21)38-26-7-5-4-6-25(26)33(29(27)35)17-16-32(2)15-14-20-8-13-23(30)24(31)18-20/h4-13,18,27-28H,14-17H2,1-3H3/t27-,28+/m0/s1. The highest BCUT2D eigenvalue weighted by Crippen LogP contribution is 2.46. The van der Waals surface area contributed by atoms with Crippen LogP contribution >= 0.6 is 35.0 Å². The molecule has 0 bridgehead atoms. The number of anilines is 1. The molecule has 1 aliphatic rings. The minimum absolute atomic E-state index is 0.239. The van der Waals surface area contributed by atoms with Crippen LogP contribution < -0.4 is 9.64 Å². The van der Waals surface area contributed by atoms with E-state index in [4.69, 9.17) is 32.7 Å². The number of carbonyl (C=O) groups is 2. The van der Waals surface area contributed by atoms with Gasteiger partial charge in [0.2, 0.25) is 0 Å². The monoisotopic (exact) mass is 572 g/mol. The fraction of sp³-hybridized carbons (Fsp3) is 0.310. The van der Waals surface area contributed by atoms with Crippen LogP contribution in [0, 0.1) is 0 Å². The molecule has 1 heterocycles. The second-order valence-electron chi connectivity index (χ2n) is 9.10. The number of likely N-dealkylation sites (N-methyl/N-ethyl adjacent to an activating group) is 1. The second kappa shape index (κ2) is 12.9. The van der Waals surface area contributed by atoms with Gasteiger partial charge in [-0.3, -0.25) is 9.59 Å². The maximum Gasteiger partial charge on any atom is 0.303 e. The van der Waals surface area contributed by atoms with Crippen LogP contribution in [0.3, 0.4) is 0 Å². The molecule has 2 atom stereocenters. The molecule has 3 aromatic rings. The molecule has 0 fully saturated rings. The van der Waals surface area contributed by atoms with Crippen molar-refractivity contribution in [3.63, 3.8) is 0 Å². The van der Waals surface area contributed by atoms with Gasteiger partial charge in [-0.15, -0.1) is 11.8 Å². The van der Waals surface area contributed by atoms with Gasteiger partial charge in [0.1, 0.15) is 5.75 Å². The van der Waals surface area contributed by atoms with Gasteiger partial charge in [0.25, 0.3) is 5.91 Å². The van der Waals surface area contributed by atoms with Gasteiger partial charge in [-0.2, -0.15) is 0 Å². The van der Waals surface area contributed by atoms with Crippen LogP contribution in [0.25, 0.3) is 0 Å². The van der Waals surface area contributed by atoms with Crippen molar-refractivity contribution >= 4 is 52.5 Å². The van der Waals surface area contributed by atoms with E-state index in [2.05, 4.69) is 4.90 Å². The highest BCUT2D eigenvalue weighted by molar-refractivity contribution is 7.99. The molecule has 38 heavy (non-hydrogen) atoms. The predicted molar refractivity (Wildman–Crippen MR) is 154 cm³/mol. The molecule has 0 spiro atoms. The Morgan fingerprint density at radius 2 is 1.76 bits per heavy atom. The highest BCUT2D eigenvalue weighted by atomic mass is 35.5. The number of para-hydroxylation sites is 1.